The van der Waals surface area contributed by atoms with Crippen molar-refractivity contribution in [3.8, 4) is 11.3 Å². The Morgan fingerprint density at radius 2 is 1.69 bits per heavy atom. The Labute approximate surface area is 212 Å². The Kier molecular flexibility index (Phi) is 6.71. The number of furan rings is 1. The number of sulfonamides is 1. The summed E-state index contributed by atoms with van der Waals surface area (Å²) in [5.74, 6) is -0.145. The quantitative estimate of drug-likeness (QED) is 0.285. The van der Waals surface area contributed by atoms with Gasteiger partial charge in [0, 0.05) is 16.6 Å². The first-order valence-electron chi connectivity index (χ1n) is 11.9. The first-order valence-corrected chi connectivity index (χ1v) is 13.3. The summed E-state index contributed by atoms with van der Waals surface area (Å²) < 4.78 is 41.1. The highest BCUT2D eigenvalue weighted by molar-refractivity contribution is 7.92. The number of nitrogens with one attached hydrogen (secondary N) is 1. The Bertz CT molecular complexity index is 1540. The summed E-state index contributed by atoms with van der Waals surface area (Å²) in [5, 5.41) is 0.476. The summed E-state index contributed by atoms with van der Waals surface area (Å²) in [6, 6.07) is 17.9. The zero-order valence-corrected chi connectivity index (χ0v) is 22.2. The first-order chi connectivity index (χ1) is 16.9. The lowest BCUT2D eigenvalue weighted by Gasteiger charge is -2.22. The van der Waals surface area contributed by atoms with Crippen LogP contribution in [0.15, 0.2) is 70.0 Å². The minimum Gasteiger partial charge on any atom is -0.462 e. The molecule has 0 aliphatic heterocycles. The van der Waals surface area contributed by atoms with Gasteiger partial charge in [0.05, 0.1) is 11.5 Å². The van der Waals surface area contributed by atoms with Crippen LogP contribution in [0.4, 0.5) is 5.69 Å². The number of aryl methyl sites for hydroxylation is 1. The van der Waals surface area contributed by atoms with Gasteiger partial charge in [0.2, 0.25) is 0 Å². The van der Waals surface area contributed by atoms with Gasteiger partial charge in [-0.25, -0.2) is 13.2 Å². The standard InChI is InChI=1S/C29H31NO5S/c1-7-34-28(31)26-23-17-22(13-14-24(23)35-27(26)20-11-9-8-10-12-20)30-36(32,33)25-16-21(29(4,5)6)15-18(2)19(25)3/h8-17,30H,7H2,1-6H3. The molecule has 0 spiro atoms. The van der Waals surface area contributed by atoms with Gasteiger partial charge in [0.25, 0.3) is 10.0 Å². The van der Waals surface area contributed by atoms with E-state index in [9.17, 15) is 13.2 Å². The number of fused-ring (bicyclic) bond motifs is 1. The monoisotopic (exact) mass is 505 g/mol. The topological polar surface area (TPSA) is 85.6 Å². The Morgan fingerprint density at radius 1 is 1.00 bits per heavy atom. The van der Waals surface area contributed by atoms with Crippen molar-refractivity contribution in [2.24, 2.45) is 0 Å². The van der Waals surface area contributed by atoms with Gasteiger partial charge in [0.1, 0.15) is 16.9 Å². The van der Waals surface area contributed by atoms with Crippen molar-refractivity contribution in [3.63, 3.8) is 0 Å². The van der Waals surface area contributed by atoms with Crippen molar-refractivity contribution in [2.75, 3.05) is 11.3 Å². The van der Waals surface area contributed by atoms with Crippen LogP contribution in [0.25, 0.3) is 22.3 Å². The van der Waals surface area contributed by atoms with Gasteiger partial charge >= 0.3 is 5.97 Å². The molecule has 0 radical (unpaired) electrons. The number of benzene rings is 3. The molecule has 1 heterocycles. The maximum Gasteiger partial charge on any atom is 0.342 e. The van der Waals surface area contributed by atoms with Crippen LogP contribution in [0.1, 0.15) is 54.7 Å². The molecular formula is C29H31NO5S. The van der Waals surface area contributed by atoms with E-state index >= 15 is 0 Å². The molecule has 0 bridgehead atoms. The fraction of sp³-hybridized carbons (Fsp3) is 0.276. The van der Waals surface area contributed by atoms with Gasteiger partial charge in [-0.2, -0.15) is 0 Å². The van der Waals surface area contributed by atoms with E-state index in [1.807, 2.05) is 43.3 Å². The predicted molar refractivity (Wildman–Crippen MR) is 143 cm³/mol. The molecule has 0 aliphatic carbocycles. The molecule has 1 aromatic heterocycles. The zero-order chi connectivity index (χ0) is 26.3. The van der Waals surface area contributed by atoms with Gasteiger partial charge < -0.3 is 9.15 Å². The minimum atomic E-state index is -3.90. The van der Waals surface area contributed by atoms with Crippen LogP contribution in [0.5, 0.6) is 0 Å². The molecule has 0 unspecified atom stereocenters. The highest BCUT2D eigenvalue weighted by atomic mass is 32.2. The number of carbonyl (C=O) groups excluding carboxylic acids is 1. The number of rotatable bonds is 6. The smallest absolute Gasteiger partial charge is 0.342 e. The van der Waals surface area contributed by atoms with Crippen LogP contribution in [-0.2, 0) is 20.2 Å². The van der Waals surface area contributed by atoms with Crippen molar-refractivity contribution in [1.82, 2.24) is 0 Å². The Morgan fingerprint density at radius 3 is 2.33 bits per heavy atom. The van der Waals surface area contributed by atoms with Crippen LogP contribution in [-0.4, -0.2) is 21.0 Å². The lowest BCUT2D eigenvalue weighted by atomic mass is 9.85. The van der Waals surface area contributed by atoms with Gasteiger partial charge in [-0.1, -0.05) is 57.2 Å². The number of ether oxygens (including phenoxy) is 1. The van der Waals surface area contributed by atoms with Crippen LogP contribution >= 0.6 is 0 Å². The second kappa shape index (κ2) is 9.47. The largest absolute Gasteiger partial charge is 0.462 e. The second-order valence-electron chi connectivity index (χ2n) is 9.88. The summed E-state index contributed by atoms with van der Waals surface area (Å²) in [6.45, 7) is 11.8. The lowest BCUT2D eigenvalue weighted by Crippen LogP contribution is -2.18. The SMILES string of the molecule is CCOC(=O)c1c(-c2ccccc2)oc2ccc(NS(=O)(=O)c3cc(C(C)(C)C)cc(C)c3C)cc12. The van der Waals surface area contributed by atoms with E-state index < -0.39 is 16.0 Å². The third-order valence-corrected chi connectivity index (χ3v) is 7.74. The average molecular weight is 506 g/mol. The molecule has 0 aliphatic rings. The maximum absolute atomic E-state index is 13.5. The molecule has 4 aromatic rings. The highest BCUT2D eigenvalue weighted by Gasteiger charge is 2.26. The molecule has 0 saturated heterocycles. The summed E-state index contributed by atoms with van der Waals surface area (Å²) in [7, 11) is -3.90. The molecule has 1 N–H and O–H groups in total. The molecule has 0 saturated carbocycles. The normalized spacial score (nSPS) is 12.1. The number of carbonyl (C=O) groups is 1. The van der Waals surface area contributed by atoms with Gasteiger partial charge in [-0.15, -0.1) is 0 Å². The molecule has 0 atom stereocenters. The Hall–Kier alpha value is -3.58. The predicted octanol–water partition coefficient (Wildman–Crippen LogP) is 6.99. The van der Waals surface area contributed by atoms with Crippen molar-refractivity contribution >= 4 is 32.6 Å². The van der Waals surface area contributed by atoms with E-state index in [1.54, 1.807) is 38.1 Å². The lowest BCUT2D eigenvalue weighted by molar-refractivity contribution is 0.0528. The molecule has 3 aromatic carbocycles. The van der Waals surface area contributed by atoms with Crippen molar-refractivity contribution in [2.45, 2.75) is 51.9 Å². The van der Waals surface area contributed by atoms with Gasteiger partial charge in [-0.3, -0.25) is 4.72 Å². The van der Waals surface area contributed by atoms with Crippen LogP contribution in [0.3, 0.4) is 0 Å². The average Bonchev–Trinajstić information content (AvgIpc) is 3.19. The Balaban J connectivity index is 1.82. The summed E-state index contributed by atoms with van der Waals surface area (Å²) in [4.78, 5) is 13.2. The number of hydrogen-bond donors (Lipinski definition) is 1. The van der Waals surface area contributed by atoms with E-state index in [0.29, 0.717) is 28.0 Å². The summed E-state index contributed by atoms with van der Waals surface area (Å²) >= 11 is 0. The van der Waals surface area contributed by atoms with Crippen LogP contribution < -0.4 is 4.72 Å². The molecule has 7 heteroatoms. The number of hydrogen-bond acceptors (Lipinski definition) is 5. The van der Waals surface area contributed by atoms with Crippen molar-refractivity contribution in [1.29, 1.82) is 0 Å². The van der Waals surface area contributed by atoms with E-state index in [2.05, 4.69) is 25.5 Å². The molecule has 0 amide bonds. The molecule has 36 heavy (non-hydrogen) atoms. The van der Waals surface area contributed by atoms with Crippen molar-refractivity contribution < 1.29 is 22.4 Å². The van der Waals surface area contributed by atoms with Crippen molar-refractivity contribution in [3.05, 3.63) is 82.9 Å². The third kappa shape index (κ3) is 4.88. The van der Waals surface area contributed by atoms with Gasteiger partial charge in [0.15, 0.2) is 0 Å². The molecule has 0 fully saturated rings. The fourth-order valence-corrected chi connectivity index (χ4v) is 5.50. The van der Waals surface area contributed by atoms with Gasteiger partial charge in [-0.05, 0) is 67.1 Å². The van der Waals surface area contributed by atoms with E-state index in [-0.39, 0.29) is 22.5 Å². The van der Waals surface area contributed by atoms with E-state index in [0.717, 1.165) is 16.7 Å². The van der Waals surface area contributed by atoms with E-state index in [1.165, 1.54) is 0 Å². The second-order valence-corrected chi connectivity index (χ2v) is 11.5. The maximum atomic E-state index is 13.5. The van der Waals surface area contributed by atoms with Crippen LogP contribution in [0, 0.1) is 13.8 Å². The molecule has 188 valence electrons. The number of esters is 1. The first kappa shape index (κ1) is 25.5. The summed E-state index contributed by atoms with van der Waals surface area (Å²) in [6.07, 6.45) is 0. The highest BCUT2D eigenvalue weighted by Crippen LogP contribution is 2.36. The molecule has 6 nitrogen and oxygen atoms in total. The fourth-order valence-electron chi connectivity index (χ4n) is 4.11. The number of anilines is 1. The van der Waals surface area contributed by atoms with Crippen LogP contribution in [0.2, 0.25) is 0 Å². The third-order valence-electron chi connectivity index (χ3n) is 6.23. The van der Waals surface area contributed by atoms with E-state index in [4.69, 9.17) is 9.15 Å². The minimum absolute atomic E-state index is 0.203. The summed E-state index contributed by atoms with van der Waals surface area (Å²) in [5.41, 5.74) is 4.11. The molecule has 4 rings (SSSR count). The zero-order valence-electron chi connectivity index (χ0n) is 21.4. The molecular weight excluding hydrogens is 474 g/mol.